The zero-order valence-corrected chi connectivity index (χ0v) is 22.6. The van der Waals surface area contributed by atoms with E-state index >= 15 is 0 Å². The summed E-state index contributed by atoms with van der Waals surface area (Å²) in [6, 6.07) is 17.3. The standard InChI is InChI=1S/C31H35N3O5/c1-3-37-26-7-5-4-6-24(26)19-32-31(36)25-11-8-21(2)33-30(25)23-14-16-34(17-15-23)29(35)13-10-22-9-12-27-28(18-22)39-20-38-27/h4-9,11-12,18,23H,3,10,13-17,19-20H2,1-2H3,(H,32,36). The first-order valence-electron chi connectivity index (χ1n) is 13.6. The molecular weight excluding hydrogens is 494 g/mol. The van der Waals surface area contributed by atoms with E-state index < -0.39 is 0 Å². The van der Waals surface area contributed by atoms with Crippen LogP contribution in [-0.4, -0.2) is 48.2 Å². The van der Waals surface area contributed by atoms with Crippen LogP contribution in [0.2, 0.25) is 0 Å². The molecule has 1 aromatic heterocycles. The number of pyridine rings is 1. The minimum absolute atomic E-state index is 0.124. The van der Waals surface area contributed by atoms with Crippen LogP contribution in [0.15, 0.2) is 54.6 Å². The first-order chi connectivity index (χ1) is 19.0. The van der Waals surface area contributed by atoms with Crippen molar-refractivity contribution in [3.05, 3.63) is 82.7 Å². The van der Waals surface area contributed by atoms with E-state index in [2.05, 4.69) is 5.32 Å². The highest BCUT2D eigenvalue weighted by Gasteiger charge is 2.28. The number of nitrogens with zero attached hydrogens (tertiary/aromatic N) is 2. The molecule has 1 N–H and O–H groups in total. The molecule has 3 heterocycles. The molecule has 8 nitrogen and oxygen atoms in total. The number of hydrogen-bond acceptors (Lipinski definition) is 6. The Hall–Kier alpha value is -4.07. The van der Waals surface area contributed by atoms with Gasteiger partial charge in [0.05, 0.1) is 17.9 Å². The van der Waals surface area contributed by atoms with Crippen molar-refractivity contribution in [3.63, 3.8) is 0 Å². The molecule has 3 aromatic rings. The lowest BCUT2D eigenvalue weighted by molar-refractivity contribution is -0.132. The highest BCUT2D eigenvalue weighted by atomic mass is 16.7. The number of piperidine rings is 1. The summed E-state index contributed by atoms with van der Waals surface area (Å²) in [5.41, 5.74) is 4.29. The molecule has 2 aliphatic heterocycles. The zero-order chi connectivity index (χ0) is 27.2. The highest BCUT2D eigenvalue weighted by Crippen LogP contribution is 2.33. The fourth-order valence-electron chi connectivity index (χ4n) is 5.21. The van der Waals surface area contributed by atoms with E-state index in [0.29, 0.717) is 44.6 Å². The van der Waals surface area contributed by atoms with Crippen molar-refractivity contribution in [2.75, 3.05) is 26.5 Å². The maximum Gasteiger partial charge on any atom is 0.253 e. The average Bonchev–Trinajstić information content (AvgIpc) is 3.43. The highest BCUT2D eigenvalue weighted by molar-refractivity contribution is 5.95. The third kappa shape index (κ3) is 6.33. The van der Waals surface area contributed by atoms with Gasteiger partial charge < -0.3 is 24.4 Å². The Morgan fingerprint density at radius 3 is 2.67 bits per heavy atom. The molecule has 39 heavy (non-hydrogen) atoms. The summed E-state index contributed by atoms with van der Waals surface area (Å²) in [6.45, 7) is 6.38. The largest absolute Gasteiger partial charge is 0.494 e. The maximum atomic E-state index is 13.3. The number of nitrogens with one attached hydrogen (secondary N) is 1. The molecule has 8 heteroatoms. The van der Waals surface area contributed by atoms with Gasteiger partial charge >= 0.3 is 0 Å². The Kier molecular flexibility index (Phi) is 8.30. The second-order valence-electron chi connectivity index (χ2n) is 9.95. The van der Waals surface area contributed by atoms with E-state index in [1.807, 2.05) is 73.3 Å². The zero-order valence-electron chi connectivity index (χ0n) is 22.6. The Labute approximate surface area is 229 Å². The maximum absolute atomic E-state index is 13.3. The van der Waals surface area contributed by atoms with Gasteiger partial charge in [0.2, 0.25) is 12.7 Å². The molecule has 2 aliphatic rings. The molecule has 2 amide bonds. The number of aryl methyl sites for hydroxylation is 2. The van der Waals surface area contributed by atoms with Gasteiger partial charge in [-0.05, 0) is 69.0 Å². The molecule has 0 aliphatic carbocycles. The molecule has 0 atom stereocenters. The monoisotopic (exact) mass is 529 g/mol. The number of likely N-dealkylation sites (tertiary alicyclic amines) is 1. The minimum Gasteiger partial charge on any atom is -0.494 e. The second-order valence-corrected chi connectivity index (χ2v) is 9.95. The predicted molar refractivity (Wildman–Crippen MR) is 147 cm³/mol. The molecule has 0 spiro atoms. The predicted octanol–water partition coefficient (Wildman–Crippen LogP) is 4.79. The van der Waals surface area contributed by atoms with Crippen molar-refractivity contribution in [1.29, 1.82) is 0 Å². The second kappa shape index (κ2) is 12.2. The fourth-order valence-corrected chi connectivity index (χ4v) is 5.21. The van der Waals surface area contributed by atoms with Crippen LogP contribution in [-0.2, 0) is 17.8 Å². The van der Waals surface area contributed by atoms with Gasteiger partial charge in [-0.3, -0.25) is 14.6 Å². The van der Waals surface area contributed by atoms with Crippen molar-refractivity contribution >= 4 is 11.8 Å². The van der Waals surface area contributed by atoms with Gasteiger partial charge in [0.1, 0.15) is 5.75 Å². The van der Waals surface area contributed by atoms with E-state index in [4.69, 9.17) is 19.2 Å². The fraction of sp³-hybridized carbons (Fsp3) is 0.387. The molecule has 2 aromatic carbocycles. The minimum atomic E-state index is -0.147. The topological polar surface area (TPSA) is 90.0 Å². The SMILES string of the molecule is CCOc1ccccc1CNC(=O)c1ccc(C)nc1C1CCN(C(=O)CCc2ccc3c(c2)OCO3)CC1. The van der Waals surface area contributed by atoms with Crippen LogP contribution >= 0.6 is 0 Å². The van der Waals surface area contributed by atoms with Crippen LogP contribution in [0.5, 0.6) is 17.2 Å². The average molecular weight is 530 g/mol. The number of ether oxygens (including phenoxy) is 3. The van der Waals surface area contributed by atoms with Crippen LogP contribution in [0.4, 0.5) is 0 Å². The number of amides is 2. The van der Waals surface area contributed by atoms with Gasteiger partial charge in [0, 0.05) is 43.2 Å². The number of benzene rings is 2. The van der Waals surface area contributed by atoms with Gasteiger partial charge in [0.15, 0.2) is 11.5 Å². The van der Waals surface area contributed by atoms with Gasteiger partial charge in [-0.25, -0.2) is 0 Å². The Bertz CT molecular complexity index is 1330. The Balaban J connectivity index is 1.18. The van der Waals surface area contributed by atoms with Crippen molar-refractivity contribution in [2.45, 2.75) is 52.0 Å². The van der Waals surface area contributed by atoms with Gasteiger partial charge in [-0.1, -0.05) is 24.3 Å². The smallest absolute Gasteiger partial charge is 0.253 e. The summed E-state index contributed by atoms with van der Waals surface area (Å²) in [7, 11) is 0. The van der Waals surface area contributed by atoms with E-state index in [9.17, 15) is 9.59 Å². The van der Waals surface area contributed by atoms with E-state index in [0.717, 1.165) is 52.6 Å². The normalized spacial score (nSPS) is 14.8. The van der Waals surface area contributed by atoms with Crippen LogP contribution in [0.25, 0.3) is 0 Å². The van der Waals surface area contributed by atoms with Gasteiger partial charge in [0.25, 0.3) is 5.91 Å². The number of carbonyl (C=O) groups excluding carboxylic acids is 2. The molecule has 204 valence electrons. The number of fused-ring (bicyclic) bond motifs is 1. The summed E-state index contributed by atoms with van der Waals surface area (Å²) in [4.78, 5) is 32.9. The molecule has 0 saturated carbocycles. The van der Waals surface area contributed by atoms with Crippen LogP contribution in [0.3, 0.4) is 0 Å². The van der Waals surface area contributed by atoms with Crippen LogP contribution in [0.1, 0.15) is 65.0 Å². The molecule has 0 radical (unpaired) electrons. The number of aromatic nitrogens is 1. The van der Waals surface area contributed by atoms with E-state index in [1.165, 1.54) is 0 Å². The quantitative estimate of drug-likeness (QED) is 0.429. The molecule has 0 unspecified atom stereocenters. The Morgan fingerprint density at radius 1 is 1.05 bits per heavy atom. The summed E-state index contributed by atoms with van der Waals surface area (Å²) in [6.07, 6.45) is 2.66. The first-order valence-corrected chi connectivity index (χ1v) is 13.6. The number of carbonyl (C=O) groups is 2. The van der Waals surface area contributed by atoms with Crippen LogP contribution in [0, 0.1) is 6.92 Å². The van der Waals surface area contributed by atoms with Crippen molar-refractivity contribution in [2.24, 2.45) is 0 Å². The summed E-state index contributed by atoms with van der Waals surface area (Å²) in [5, 5.41) is 3.05. The van der Waals surface area contributed by atoms with E-state index in [1.54, 1.807) is 0 Å². The van der Waals surface area contributed by atoms with Crippen LogP contribution < -0.4 is 19.5 Å². The van der Waals surface area contributed by atoms with Gasteiger partial charge in [-0.2, -0.15) is 0 Å². The van der Waals surface area contributed by atoms with Crippen molar-refractivity contribution < 1.29 is 23.8 Å². The number of hydrogen-bond donors (Lipinski definition) is 1. The Morgan fingerprint density at radius 2 is 1.85 bits per heavy atom. The van der Waals surface area contributed by atoms with Crippen molar-refractivity contribution in [3.8, 4) is 17.2 Å². The molecule has 5 rings (SSSR count). The third-order valence-corrected chi connectivity index (χ3v) is 7.32. The van der Waals surface area contributed by atoms with Gasteiger partial charge in [-0.15, -0.1) is 0 Å². The molecule has 1 fully saturated rings. The number of para-hydroxylation sites is 1. The number of rotatable bonds is 9. The molecule has 0 bridgehead atoms. The van der Waals surface area contributed by atoms with Crippen molar-refractivity contribution in [1.82, 2.24) is 15.2 Å². The third-order valence-electron chi connectivity index (χ3n) is 7.32. The first kappa shape index (κ1) is 26.5. The molecule has 1 saturated heterocycles. The molecular formula is C31H35N3O5. The lowest BCUT2D eigenvalue weighted by atomic mass is 9.89. The summed E-state index contributed by atoms with van der Waals surface area (Å²) in [5.74, 6) is 2.39. The lowest BCUT2D eigenvalue weighted by Gasteiger charge is -2.32. The summed E-state index contributed by atoms with van der Waals surface area (Å²) >= 11 is 0. The lowest BCUT2D eigenvalue weighted by Crippen LogP contribution is -2.38. The van der Waals surface area contributed by atoms with E-state index in [-0.39, 0.29) is 24.5 Å². The summed E-state index contributed by atoms with van der Waals surface area (Å²) < 4.78 is 16.5.